The van der Waals surface area contributed by atoms with Crippen molar-refractivity contribution >= 4 is 5.57 Å². The van der Waals surface area contributed by atoms with Crippen LogP contribution in [0.15, 0.2) is 47.7 Å². The van der Waals surface area contributed by atoms with E-state index >= 15 is 0 Å². The van der Waals surface area contributed by atoms with Gasteiger partial charge in [0.25, 0.3) is 0 Å². The fraction of sp³-hybridized carbons (Fsp3) is 0.286. The summed E-state index contributed by atoms with van der Waals surface area (Å²) in [7, 11) is 0. The van der Waals surface area contributed by atoms with Crippen LogP contribution in [0.2, 0.25) is 0 Å². The van der Waals surface area contributed by atoms with Crippen molar-refractivity contribution in [3.8, 4) is 0 Å². The molecule has 1 aliphatic rings. The summed E-state index contributed by atoms with van der Waals surface area (Å²) in [6.45, 7) is 3.79. The first-order valence-electron chi connectivity index (χ1n) is 5.46. The van der Waals surface area contributed by atoms with Crippen molar-refractivity contribution < 1.29 is 5.11 Å². The van der Waals surface area contributed by atoms with Gasteiger partial charge in [0.1, 0.15) is 0 Å². The van der Waals surface area contributed by atoms with E-state index in [9.17, 15) is 5.11 Å². The topological polar surface area (TPSA) is 46.2 Å². The van der Waals surface area contributed by atoms with Gasteiger partial charge >= 0.3 is 0 Å². The molecule has 0 bridgehead atoms. The number of benzene rings is 1. The molecule has 1 atom stereocenters. The Morgan fingerprint density at radius 2 is 1.88 bits per heavy atom. The molecule has 0 amide bonds. The number of rotatable bonds is 1. The second-order valence-electron chi connectivity index (χ2n) is 4.58. The Hall–Kier alpha value is -1.54. The molecule has 0 fully saturated rings. The minimum absolute atomic E-state index is 0.500. The molecular formula is C14H17NO. The predicted octanol–water partition coefficient (Wildman–Crippen LogP) is 2.46. The van der Waals surface area contributed by atoms with Crippen LogP contribution in [-0.4, -0.2) is 10.7 Å². The minimum Gasteiger partial charge on any atom is -0.402 e. The highest BCUT2D eigenvalue weighted by Gasteiger charge is 2.30. The highest BCUT2D eigenvalue weighted by atomic mass is 16.3. The summed E-state index contributed by atoms with van der Waals surface area (Å²) < 4.78 is 0. The molecule has 2 nitrogen and oxygen atoms in total. The van der Waals surface area contributed by atoms with E-state index in [1.807, 2.05) is 50.3 Å². The van der Waals surface area contributed by atoms with Crippen molar-refractivity contribution in [2.45, 2.75) is 25.9 Å². The Bertz CT molecular complexity index is 455. The SMILES string of the molecule is CC1=C(N)CC(C)(O)C(c2ccccc2)=C1. The van der Waals surface area contributed by atoms with Gasteiger partial charge in [0, 0.05) is 12.1 Å². The standard InChI is InChI=1S/C14H17NO/c1-10-8-12(11-6-4-3-5-7-11)14(2,16)9-13(10)15/h3-8,16H,9,15H2,1-2H3. The molecular weight excluding hydrogens is 198 g/mol. The molecule has 0 aromatic heterocycles. The van der Waals surface area contributed by atoms with Gasteiger partial charge in [0.05, 0.1) is 5.60 Å². The summed E-state index contributed by atoms with van der Waals surface area (Å²) in [4.78, 5) is 0. The number of hydrogen-bond donors (Lipinski definition) is 2. The van der Waals surface area contributed by atoms with Crippen LogP contribution in [0, 0.1) is 0 Å². The maximum Gasteiger partial charge on any atom is 0.0928 e. The molecule has 84 valence electrons. The molecule has 0 radical (unpaired) electrons. The van der Waals surface area contributed by atoms with Gasteiger partial charge in [-0.15, -0.1) is 0 Å². The first-order valence-corrected chi connectivity index (χ1v) is 5.46. The van der Waals surface area contributed by atoms with Crippen molar-refractivity contribution in [1.29, 1.82) is 0 Å². The number of aliphatic hydroxyl groups is 1. The van der Waals surface area contributed by atoms with Crippen LogP contribution in [0.4, 0.5) is 0 Å². The van der Waals surface area contributed by atoms with Crippen molar-refractivity contribution in [3.63, 3.8) is 0 Å². The quantitative estimate of drug-likeness (QED) is 0.756. The molecule has 3 N–H and O–H groups in total. The molecule has 0 saturated heterocycles. The molecule has 16 heavy (non-hydrogen) atoms. The zero-order chi connectivity index (χ0) is 11.8. The van der Waals surface area contributed by atoms with Gasteiger partial charge < -0.3 is 10.8 Å². The average Bonchev–Trinajstić information content (AvgIpc) is 2.24. The van der Waals surface area contributed by atoms with E-state index in [1.165, 1.54) is 0 Å². The van der Waals surface area contributed by atoms with Gasteiger partial charge in [-0.3, -0.25) is 0 Å². The molecule has 1 unspecified atom stereocenters. The van der Waals surface area contributed by atoms with Crippen LogP contribution in [0.1, 0.15) is 25.8 Å². The first kappa shape index (κ1) is 11.0. The van der Waals surface area contributed by atoms with E-state index in [0.717, 1.165) is 22.4 Å². The Labute approximate surface area is 96.1 Å². The second kappa shape index (κ2) is 3.80. The smallest absolute Gasteiger partial charge is 0.0928 e. The third-order valence-electron chi connectivity index (χ3n) is 3.07. The van der Waals surface area contributed by atoms with Gasteiger partial charge in [0.2, 0.25) is 0 Å². The zero-order valence-corrected chi connectivity index (χ0v) is 9.70. The summed E-state index contributed by atoms with van der Waals surface area (Å²) in [5.41, 5.74) is 8.81. The lowest BCUT2D eigenvalue weighted by Crippen LogP contribution is -2.31. The highest BCUT2D eigenvalue weighted by molar-refractivity contribution is 5.76. The van der Waals surface area contributed by atoms with Crippen LogP contribution in [0.25, 0.3) is 5.57 Å². The van der Waals surface area contributed by atoms with Crippen LogP contribution in [-0.2, 0) is 0 Å². The summed E-state index contributed by atoms with van der Waals surface area (Å²) in [6.07, 6.45) is 2.48. The van der Waals surface area contributed by atoms with Gasteiger partial charge in [-0.25, -0.2) is 0 Å². The normalized spacial score (nSPS) is 25.6. The monoisotopic (exact) mass is 215 g/mol. The molecule has 0 saturated carbocycles. The molecule has 2 rings (SSSR count). The van der Waals surface area contributed by atoms with Crippen LogP contribution in [0.3, 0.4) is 0 Å². The lowest BCUT2D eigenvalue weighted by molar-refractivity contribution is 0.121. The second-order valence-corrected chi connectivity index (χ2v) is 4.58. The maximum atomic E-state index is 10.4. The zero-order valence-electron chi connectivity index (χ0n) is 9.70. The molecule has 1 aromatic rings. The van der Waals surface area contributed by atoms with E-state index in [4.69, 9.17) is 5.73 Å². The molecule has 1 aliphatic carbocycles. The fourth-order valence-corrected chi connectivity index (χ4v) is 2.08. The van der Waals surface area contributed by atoms with E-state index < -0.39 is 5.60 Å². The number of allylic oxidation sites excluding steroid dienone is 2. The van der Waals surface area contributed by atoms with E-state index in [-0.39, 0.29) is 0 Å². The van der Waals surface area contributed by atoms with Gasteiger partial charge in [0.15, 0.2) is 0 Å². The third-order valence-corrected chi connectivity index (χ3v) is 3.07. The van der Waals surface area contributed by atoms with E-state index in [0.29, 0.717) is 6.42 Å². The Balaban J connectivity index is 2.51. The maximum absolute atomic E-state index is 10.4. The van der Waals surface area contributed by atoms with Crippen molar-refractivity contribution in [3.05, 3.63) is 53.2 Å². The van der Waals surface area contributed by atoms with Gasteiger partial charge in [-0.2, -0.15) is 0 Å². The van der Waals surface area contributed by atoms with Crippen molar-refractivity contribution in [2.75, 3.05) is 0 Å². The molecule has 0 spiro atoms. The average molecular weight is 215 g/mol. The molecule has 0 aliphatic heterocycles. The fourth-order valence-electron chi connectivity index (χ4n) is 2.08. The van der Waals surface area contributed by atoms with E-state index in [1.54, 1.807) is 0 Å². The first-order chi connectivity index (χ1) is 7.50. The van der Waals surface area contributed by atoms with Crippen molar-refractivity contribution in [1.82, 2.24) is 0 Å². The van der Waals surface area contributed by atoms with Crippen LogP contribution < -0.4 is 5.73 Å². The predicted molar refractivity (Wildman–Crippen MR) is 66.5 cm³/mol. The Morgan fingerprint density at radius 3 is 2.50 bits per heavy atom. The molecule has 2 heteroatoms. The van der Waals surface area contributed by atoms with E-state index in [2.05, 4.69) is 0 Å². The largest absolute Gasteiger partial charge is 0.402 e. The molecule has 1 aromatic carbocycles. The van der Waals surface area contributed by atoms with Gasteiger partial charge in [-0.05, 0) is 30.6 Å². The highest BCUT2D eigenvalue weighted by Crippen LogP contribution is 2.36. The Kier molecular flexibility index (Phi) is 2.60. The number of nitrogens with two attached hydrogens (primary N) is 1. The summed E-state index contributed by atoms with van der Waals surface area (Å²) in [6, 6.07) is 9.94. The van der Waals surface area contributed by atoms with Crippen LogP contribution in [0.5, 0.6) is 0 Å². The lowest BCUT2D eigenvalue weighted by atomic mass is 9.80. The Morgan fingerprint density at radius 1 is 1.25 bits per heavy atom. The summed E-state index contributed by atoms with van der Waals surface area (Å²) in [5, 5.41) is 10.4. The summed E-state index contributed by atoms with van der Waals surface area (Å²) in [5.74, 6) is 0. The molecule has 0 heterocycles. The minimum atomic E-state index is -0.870. The number of hydrogen-bond acceptors (Lipinski definition) is 2. The third kappa shape index (κ3) is 1.89. The van der Waals surface area contributed by atoms with Crippen molar-refractivity contribution in [2.24, 2.45) is 5.73 Å². The summed E-state index contributed by atoms with van der Waals surface area (Å²) >= 11 is 0. The van der Waals surface area contributed by atoms with Gasteiger partial charge in [-0.1, -0.05) is 36.4 Å². The lowest BCUT2D eigenvalue weighted by Gasteiger charge is -2.31. The van der Waals surface area contributed by atoms with Crippen LogP contribution >= 0.6 is 0 Å².